The third-order valence-corrected chi connectivity index (χ3v) is 5.90. The first-order valence-corrected chi connectivity index (χ1v) is 9.36. The van der Waals surface area contributed by atoms with Crippen LogP contribution < -0.4 is 0 Å². The van der Waals surface area contributed by atoms with E-state index in [9.17, 15) is 5.11 Å². The third kappa shape index (κ3) is 4.34. The lowest BCUT2D eigenvalue weighted by molar-refractivity contribution is -0.0271. The molecule has 0 radical (unpaired) electrons. The van der Waals surface area contributed by atoms with Gasteiger partial charge in [0.15, 0.2) is 0 Å². The summed E-state index contributed by atoms with van der Waals surface area (Å²) in [5.41, 5.74) is 0.831. The molecule has 2 fully saturated rings. The zero-order chi connectivity index (χ0) is 16.1. The van der Waals surface area contributed by atoms with Gasteiger partial charge in [0.25, 0.3) is 0 Å². The van der Waals surface area contributed by atoms with Crippen LogP contribution in [0.2, 0.25) is 0 Å². The zero-order valence-corrected chi connectivity index (χ0v) is 14.6. The number of hydrogen-bond acceptors (Lipinski definition) is 3. The second kappa shape index (κ2) is 7.78. The predicted octanol–water partition coefficient (Wildman–Crippen LogP) is 3.10. The minimum absolute atomic E-state index is 0.281. The molecule has 0 aromatic heterocycles. The van der Waals surface area contributed by atoms with E-state index >= 15 is 0 Å². The first-order valence-electron chi connectivity index (χ1n) is 9.36. The SMILES string of the molecule is CN1CCN(CCC(c2ccccc2)C2(O)CCCCC2)CC1. The van der Waals surface area contributed by atoms with Crippen molar-refractivity contribution >= 4 is 0 Å². The van der Waals surface area contributed by atoms with Gasteiger partial charge >= 0.3 is 0 Å². The number of nitrogens with zero attached hydrogens (tertiary/aromatic N) is 2. The van der Waals surface area contributed by atoms with Crippen LogP contribution in [0, 0.1) is 0 Å². The molecule has 23 heavy (non-hydrogen) atoms. The van der Waals surface area contributed by atoms with Crippen molar-refractivity contribution < 1.29 is 5.11 Å². The number of hydrogen-bond donors (Lipinski definition) is 1. The molecule has 0 amide bonds. The highest BCUT2D eigenvalue weighted by atomic mass is 16.3. The average molecular weight is 316 g/mol. The Bertz CT molecular complexity index is 462. The molecule has 1 N–H and O–H groups in total. The van der Waals surface area contributed by atoms with E-state index in [1.54, 1.807) is 0 Å². The Labute approximate surface area is 141 Å². The van der Waals surface area contributed by atoms with Crippen molar-refractivity contribution in [2.24, 2.45) is 0 Å². The van der Waals surface area contributed by atoms with Crippen molar-refractivity contribution in [2.75, 3.05) is 39.8 Å². The van der Waals surface area contributed by atoms with Crippen molar-refractivity contribution in [1.29, 1.82) is 0 Å². The van der Waals surface area contributed by atoms with E-state index in [4.69, 9.17) is 0 Å². The van der Waals surface area contributed by atoms with E-state index in [2.05, 4.69) is 47.2 Å². The van der Waals surface area contributed by atoms with E-state index in [0.717, 1.165) is 38.9 Å². The lowest BCUT2D eigenvalue weighted by atomic mass is 9.71. The highest BCUT2D eigenvalue weighted by Crippen LogP contribution is 2.41. The Hall–Kier alpha value is -0.900. The van der Waals surface area contributed by atoms with Crippen LogP contribution in [0.25, 0.3) is 0 Å². The Balaban J connectivity index is 1.68. The van der Waals surface area contributed by atoms with Crippen LogP contribution in [0.1, 0.15) is 50.0 Å². The predicted molar refractivity (Wildman–Crippen MR) is 95.8 cm³/mol. The van der Waals surface area contributed by atoms with Gasteiger partial charge in [-0.15, -0.1) is 0 Å². The fraction of sp³-hybridized carbons (Fsp3) is 0.700. The molecular weight excluding hydrogens is 284 g/mol. The monoisotopic (exact) mass is 316 g/mol. The number of benzene rings is 1. The maximum atomic E-state index is 11.3. The Kier molecular flexibility index (Phi) is 5.73. The summed E-state index contributed by atoms with van der Waals surface area (Å²) >= 11 is 0. The molecule has 2 aliphatic rings. The molecule has 3 nitrogen and oxygen atoms in total. The van der Waals surface area contributed by atoms with Gasteiger partial charge in [0.2, 0.25) is 0 Å². The van der Waals surface area contributed by atoms with Gasteiger partial charge in [-0.1, -0.05) is 49.6 Å². The molecule has 3 heteroatoms. The van der Waals surface area contributed by atoms with E-state index in [-0.39, 0.29) is 5.92 Å². The fourth-order valence-corrected chi connectivity index (χ4v) is 4.33. The van der Waals surface area contributed by atoms with E-state index in [1.165, 1.54) is 37.9 Å². The summed E-state index contributed by atoms with van der Waals surface area (Å²) in [7, 11) is 2.20. The Morgan fingerprint density at radius 2 is 1.65 bits per heavy atom. The molecule has 3 rings (SSSR count). The van der Waals surface area contributed by atoms with Crippen molar-refractivity contribution in [3.63, 3.8) is 0 Å². The molecule has 1 saturated carbocycles. The van der Waals surface area contributed by atoms with Crippen LogP contribution in [0.15, 0.2) is 30.3 Å². The van der Waals surface area contributed by atoms with Crippen LogP contribution in [-0.4, -0.2) is 60.3 Å². The summed E-state index contributed by atoms with van der Waals surface area (Å²) < 4.78 is 0. The quantitative estimate of drug-likeness (QED) is 0.904. The summed E-state index contributed by atoms with van der Waals surface area (Å²) in [6.07, 6.45) is 6.64. The summed E-state index contributed by atoms with van der Waals surface area (Å²) in [5, 5.41) is 11.3. The number of rotatable bonds is 5. The topological polar surface area (TPSA) is 26.7 Å². The minimum atomic E-state index is -0.494. The summed E-state index contributed by atoms with van der Waals surface area (Å²) in [4.78, 5) is 4.97. The van der Waals surface area contributed by atoms with Gasteiger partial charge in [0.1, 0.15) is 0 Å². The van der Waals surface area contributed by atoms with Crippen molar-refractivity contribution in [3.05, 3.63) is 35.9 Å². The lowest BCUT2D eigenvalue weighted by Crippen LogP contribution is -2.46. The largest absolute Gasteiger partial charge is 0.389 e. The van der Waals surface area contributed by atoms with Crippen molar-refractivity contribution in [1.82, 2.24) is 9.80 Å². The molecule has 0 bridgehead atoms. The zero-order valence-electron chi connectivity index (χ0n) is 14.6. The summed E-state index contributed by atoms with van der Waals surface area (Å²) in [5.74, 6) is 0.281. The number of likely N-dealkylation sites (N-methyl/N-ethyl adjacent to an activating group) is 1. The standard InChI is InChI=1S/C20H32N2O/c1-21-14-16-22(17-15-21)13-10-19(18-8-4-2-5-9-18)20(23)11-6-3-7-12-20/h2,4-5,8-9,19,23H,3,6-7,10-17H2,1H3. The van der Waals surface area contributed by atoms with Gasteiger partial charge in [-0.2, -0.15) is 0 Å². The Morgan fingerprint density at radius 1 is 1.00 bits per heavy atom. The van der Waals surface area contributed by atoms with Gasteiger partial charge in [-0.25, -0.2) is 0 Å². The lowest BCUT2D eigenvalue weighted by Gasteiger charge is -2.41. The summed E-state index contributed by atoms with van der Waals surface area (Å²) in [6.45, 7) is 5.77. The van der Waals surface area contributed by atoms with Gasteiger partial charge in [-0.3, -0.25) is 0 Å². The van der Waals surface area contributed by atoms with Crippen LogP contribution in [-0.2, 0) is 0 Å². The van der Waals surface area contributed by atoms with Crippen LogP contribution in [0.4, 0.5) is 0 Å². The highest BCUT2D eigenvalue weighted by molar-refractivity contribution is 5.23. The molecule has 128 valence electrons. The van der Waals surface area contributed by atoms with Gasteiger partial charge in [0, 0.05) is 32.1 Å². The maximum absolute atomic E-state index is 11.3. The molecule has 1 heterocycles. The summed E-state index contributed by atoms with van der Waals surface area (Å²) in [6, 6.07) is 10.7. The van der Waals surface area contributed by atoms with Gasteiger partial charge < -0.3 is 14.9 Å². The molecule has 1 unspecified atom stereocenters. The van der Waals surface area contributed by atoms with Crippen LogP contribution in [0.3, 0.4) is 0 Å². The van der Waals surface area contributed by atoms with Crippen molar-refractivity contribution in [3.8, 4) is 0 Å². The molecular formula is C20H32N2O. The second-order valence-electron chi connectivity index (χ2n) is 7.56. The minimum Gasteiger partial charge on any atom is -0.389 e. The van der Waals surface area contributed by atoms with Gasteiger partial charge in [-0.05, 0) is 38.4 Å². The second-order valence-corrected chi connectivity index (χ2v) is 7.56. The van der Waals surface area contributed by atoms with E-state index < -0.39 is 5.60 Å². The molecule has 1 atom stereocenters. The van der Waals surface area contributed by atoms with Crippen LogP contribution in [0.5, 0.6) is 0 Å². The first kappa shape index (κ1) is 16.9. The molecule has 0 spiro atoms. The van der Waals surface area contributed by atoms with Crippen molar-refractivity contribution in [2.45, 2.75) is 50.0 Å². The van der Waals surface area contributed by atoms with Crippen LogP contribution >= 0.6 is 0 Å². The Morgan fingerprint density at radius 3 is 2.30 bits per heavy atom. The average Bonchev–Trinajstić information content (AvgIpc) is 2.58. The first-order chi connectivity index (χ1) is 11.2. The molecule has 1 aliphatic carbocycles. The maximum Gasteiger partial charge on any atom is 0.0716 e. The smallest absolute Gasteiger partial charge is 0.0716 e. The third-order valence-electron chi connectivity index (χ3n) is 5.90. The number of piperazine rings is 1. The molecule has 1 saturated heterocycles. The normalized spacial score (nSPS) is 24.4. The molecule has 1 aliphatic heterocycles. The number of aliphatic hydroxyl groups is 1. The molecule has 1 aromatic carbocycles. The fourth-order valence-electron chi connectivity index (χ4n) is 4.33. The highest BCUT2D eigenvalue weighted by Gasteiger charge is 2.38. The van der Waals surface area contributed by atoms with E-state index in [1.807, 2.05) is 0 Å². The van der Waals surface area contributed by atoms with Gasteiger partial charge in [0.05, 0.1) is 5.60 Å². The molecule has 1 aromatic rings. The van der Waals surface area contributed by atoms with E-state index in [0.29, 0.717) is 0 Å².